The predicted octanol–water partition coefficient (Wildman–Crippen LogP) is 2.44. The van der Waals surface area contributed by atoms with E-state index in [0.29, 0.717) is 29.0 Å². The van der Waals surface area contributed by atoms with Gasteiger partial charge < -0.3 is 11.1 Å². The van der Waals surface area contributed by atoms with Crippen LogP contribution in [-0.2, 0) is 11.3 Å². The summed E-state index contributed by atoms with van der Waals surface area (Å²) >= 11 is 0. The third-order valence-electron chi connectivity index (χ3n) is 5.29. The third kappa shape index (κ3) is 4.16. The van der Waals surface area contributed by atoms with Gasteiger partial charge >= 0.3 is 0 Å². The van der Waals surface area contributed by atoms with E-state index in [1.54, 1.807) is 29.1 Å². The number of nitrogens with two attached hydrogens (primary N) is 1. The van der Waals surface area contributed by atoms with E-state index in [0.717, 1.165) is 16.5 Å². The molecule has 0 radical (unpaired) electrons. The standard InChI is InChI=1S/C24H18FN7O2/c25-18-11-16(4-5-17(18)24(34)28-12-22(26)33)20-7-8-21-23(29-20)32(31-30-21)13-14-3-6-19-15(10-14)2-1-9-27-19/h1-11H,12-13H2,(H2,26,33)(H,28,34). The summed E-state index contributed by atoms with van der Waals surface area (Å²) in [7, 11) is 0. The average Bonchev–Trinajstić information content (AvgIpc) is 3.24. The number of carbonyl (C=O) groups excluding carboxylic acids is 2. The van der Waals surface area contributed by atoms with E-state index in [2.05, 4.69) is 25.6 Å². The number of nitrogens with one attached hydrogen (secondary N) is 1. The van der Waals surface area contributed by atoms with Crippen molar-refractivity contribution in [2.75, 3.05) is 6.54 Å². The molecule has 0 aliphatic rings. The summed E-state index contributed by atoms with van der Waals surface area (Å²) in [6, 6.07) is 17.5. The van der Waals surface area contributed by atoms with Crippen LogP contribution in [0.1, 0.15) is 15.9 Å². The number of hydrogen-bond acceptors (Lipinski definition) is 6. The Morgan fingerprint density at radius 3 is 2.71 bits per heavy atom. The van der Waals surface area contributed by atoms with Gasteiger partial charge in [-0.3, -0.25) is 14.6 Å². The normalized spacial score (nSPS) is 11.1. The van der Waals surface area contributed by atoms with E-state index in [9.17, 15) is 14.0 Å². The van der Waals surface area contributed by atoms with E-state index in [1.807, 2.05) is 30.3 Å². The van der Waals surface area contributed by atoms with Gasteiger partial charge in [-0.1, -0.05) is 23.4 Å². The molecule has 168 valence electrons. The molecule has 9 nitrogen and oxygen atoms in total. The zero-order valence-corrected chi connectivity index (χ0v) is 17.8. The van der Waals surface area contributed by atoms with Crippen LogP contribution in [-0.4, -0.2) is 43.3 Å². The number of fused-ring (bicyclic) bond motifs is 2. The fourth-order valence-corrected chi connectivity index (χ4v) is 3.64. The van der Waals surface area contributed by atoms with Gasteiger partial charge in [0.25, 0.3) is 5.91 Å². The number of nitrogens with zero attached hydrogens (tertiary/aromatic N) is 5. The molecule has 0 spiro atoms. The number of hydrogen-bond donors (Lipinski definition) is 2. The highest BCUT2D eigenvalue weighted by molar-refractivity contribution is 5.97. The fraction of sp³-hybridized carbons (Fsp3) is 0.0833. The maximum atomic E-state index is 14.6. The predicted molar refractivity (Wildman–Crippen MR) is 123 cm³/mol. The first-order valence-corrected chi connectivity index (χ1v) is 10.4. The van der Waals surface area contributed by atoms with Crippen LogP contribution in [0, 0.1) is 5.82 Å². The fourth-order valence-electron chi connectivity index (χ4n) is 3.64. The van der Waals surface area contributed by atoms with Crippen LogP contribution in [0.3, 0.4) is 0 Å². The molecule has 0 aliphatic carbocycles. The van der Waals surface area contributed by atoms with Gasteiger partial charge in [0.1, 0.15) is 11.3 Å². The van der Waals surface area contributed by atoms with Gasteiger partial charge in [-0.25, -0.2) is 14.1 Å². The van der Waals surface area contributed by atoms with Crippen LogP contribution in [0.5, 0.6) is 0 Å². The summed E-state index contributed by atoms with van der Waals surface area (Å²) in [6.45, 7) is 0.0775. The molecule has 3 N–H and O–H groups in total. The van der Waals surface area contributed by atoms with Gasteiger partial charge in [0.15, 0.2) is 5.65 Å². The molecular weight excluding hydrogens is 437 g/mol. The van der Waals surface area contributed by atoms with E-state index < -0.39 is 17.6 Å². The lowest BCUT2D eigenvalue weighted by molar-refractivity contribution is -0.117. The summed E-state index contributed by atoms with van der Waals surface area (Å²) in [5, 5.41) is 11.7. The molecule has 10 heteroatoms. The molecule has 0 saturated carbocycles. The lowest BCUT2D eigenvalue weighted by atomic mass is 10.1. The molecule has 0 aliphatic heterocycles. The molecular formula is C24H18FN7O2. The number of aromatic nitrogens is 5. The van der Waals surface area contributed by atoms with Crippen molar-refractivity contribution in [2.45, 2.75) is 6.54 Å². The molecule has 34 heavy (non-hydrogen) atoms. The molecule has 2 aromatic carbocycles. The van der Waals surface area contributed by atoms with Crippen LogP contribution in [0.4, 0.5) is 4.39 Å². The molecule has 0 atom stereocenters. The van der Waals surface area contributed by atoms with Crippen molar-refractivity contribution in [3.8, 4) is 11.3 Å². The maximum absolute atomic E-state index is 14.6. The van der Waals surface area contributed by atoms with Crippen LogP contribution in [0.15, 0.2) is 66.9 Å². The largest absolute Gasteiger partial charge is 0.368 e. The highest BCUT2D eigenvalue weighted by Gasteiger charge is 2.15. The zero-order chi connectivity index (χ0) is 23.7. The van der Waals surface area contributed by atoms with Crippen molar-refractivity contribution in [1.82, 2.24) is 30.3 Å². The Bertz CT molecular complexity index is 1560. The summed E-state index contributed by atoms with van der Waals surface area (Å²) in [5.41, 5.74) is 8.87. The molecule has 5 aromatic rings. The first-order chi connectivity index (χ1) is 16.5. The second-order valence-electron chi connectivity index (χ2n) is 7.66. The van der Waals surface area contributed by atoms with E-state index in [-0.39, 0.29) is 12.1 Å². The highest BCUT2D eigenvalue weighted by atomic mass is 19.1. The lowest BCUT2D eigenvalue weighted by Crippen LogP contribution is -2.33. The number of benzene rings is 2. The molecule has 0 bridgehead atoms. The van der Waals surface area contributed by atoms with Crippen molar-refractivity contribution < 1.29 is 14.0 Å². The van der Waals surface area contributed by atoms with E-state index >= 15 is 0 Å². The molecule has 0 fully saturated rings. The summed E-state index contributed by atoms with van der Waals surface area (Å²) in [5.74, 6) is -2.18. The monoisotopic (exact) mass is 455 g/mol. The van der Waals surface area contributed by atoms with Crippen LogP contribution in [0.25, 0.3) is 33.3 Å². The summed E-state index contributed by atoms with van der Waals surface area (Å²) in [4.78, 5) is 31.9. The summed E-state index contributed by atoms with van der Waals surface area (Å²) in [6.07, 6.45) is 1.75. The number of halogens is 1. The minimum absolute atomic E-state index is 0.191. The van der Waals surface area contributed by atoms with E-state index in [1.165, 1.54) is 12.1 Å². The Kier molecular flexibility index (Phi) is 5.38. The Morgan fingerprint density at radius 2 is 1.88 bits per heavy atom. The minimum atomic E-state index is -0.738. The van der Waals surface area contributed by atoms with Crippen molar-refractivity contribution in [3.05, 3.63) is 83.8 Å². The number of primary amides is 1. The van der Waals surface area contributed by atoms with Crippen molar-refractivity contribution in [2.24, 2.45) is 5.73 Å². The Balaban J connectivity index is 1.44. The van der Waals surface area contributed by atoms with Crippen molar-refractivity contribution in [1.29, 1.82) is 0 Å². The molecule has 0 saturated heterocycles. The lowest BCUT2D eigenvalue weighted by Gasteiger charge is -2.07. The van der Waals surface area contributed by atoms with Gasteiger partial charge in [0.2, 0.25) is 5.91 Å². The van der Waals surface area contributed by atoms with Gasteiger partial charge in [0, 0.05) is 17.1 Å². The zero-order valence-electron chi connectivity index (χ0n) is 17.8. The van der Waals surface area contributed by atoms with Gasteiger partial charge in [-0.15, -0.1) is 5.10 Å². The second-order valence-corrected chi connectivity index (χ2v) is 7.66. The SMILES string of the molecule is NC(=O)CNC(=O)c1ccc(-c2ccc3nnn(Cc4ccc5ncccc5c4)c3n2)cc1F. The molecule has 3 heterocycles. The number of pyridine rings is 2. The molecule has 2 amide bonds. The van der Waals surface area contributed by atoms with Crippen LogP contribution in [0.2, 0.25) is 0 Å². The average molecular weight is 455 g/mol. The van der Waals surface area contributed by atoms with Gasteiger partial charge in [0.05, 0.1) is 29.9 Å². The Hall–Kier alpha value is -4.73. The van der Waals surface area contributed by atoms with Crippen molar-refractivity contribution >= 4 is 33.9 Å². The van der Waals surface area contributed by atoms with Crippen molar-refractivity contribution in [3.63, 3.8) is 0 Å². The first kappa shape index (κ1) is 21.1. The van der Waals surface area contributed by atoms with Gasteiger partial charge in [-0.2, -0.15) is 0 Å². The Labute approximate surface area is 192 Å². The Morgan fingerprint density at radius 1 is 1.03 bits per heavy atom. The molecule has 5 rings (SSSR count). The second kappa shape index (κ2) is 8.66. The maximum Gasteiger partial charge on any atom is 0.254 e. The highest BCUT2D eigenvalue weighted by Crippen LogP contribution is 2.23. The number of rotatable bonds is 6. The smallest absolute Gasteiger partial charge is 0.254 e. The third-order valence-corrected chi connectivity index (χ3v) is 5.29. The van der Waals surface area contributed by atoms with Crippen LogP contribution >= 0.6 is 0 Å². The topological polar surface area (TPSA) is 129 Å². The van der Waals surface area contributed by atoms with Crippen LogP contribution < -0.4 is 11.1 Å². The summed E-state index contributed by atoms with van der Waals surface area (Å²) < 4.78 is 16.3. The minimum Gasteiger partial charge on any atom is -0.368 e. The van der Waals surface area contributed by atoms with Gasteiger partial charge in [-0.05, 0) is 48.0 Å². The number of amides is 2. The first-order valence-electron chi connectivity index (χ1n) is 10.4. The number of carbonyl (C=O) groups is 2. The molecule has 3 aromatic heterocycles. The molecule has 0 unspecified atom stereocenters. The van der Waals surface area contributed by atoms with E-state index in [4.69, 9.17) is 5.73 Å². The quantitative estimate of drug-likeness (QED) is 0.405.